The van der Waals surface area contributed by atoms with Gasteiger partial charge < -0.3 is 9.47 Å². The van der Waals surface area contributed by atoms with Crippen LogP contribution in [-0.4, -0.2) is 25.2 Å². The van der Waals surface area contributed by atoms with Crippen molar-refractivity contribution in [2.45, 2.75) is 149 Å². The fraction of sp³-hybridized carbons (Fsp3) is 0.929. The van der Waals surface area contributed by atoms with E-state index in [1.54, 1.807) is 0 Å². The summed E-state index contributed by atoms with van der Waals surface area (Å²) in [6.45, 7) is 7.58. The van der Waals surface area contributed by atoms with E-state index in [1.165, 1.54) is 77.0 Å². The molecule has 0 aliphatic heterocycles. The first-order chi connectivity index (χ1) is 15.6. The lowest BCUT2D eigenvalue weighted by molar-refractivity contribution is -0.144. The molecule has 0 aliphatic rings. The highest BCUT2D eigenvalue weighted by Crippen LogP contribution is 2.13. The summed E-state index contributed by atoms with van der Waals surface area (Å²) in [5.74, 6) is 0.337. The Balaban J connectivity index is 3.24. The lowest BCUT2D eigenvalue weighted by Crippen LogP contribution is -2.08. The molecule has 0 saturated carbocycles. The molecule has 0 bridgehead atoms. The van der Waals surface area contributed by atoms with E-state index in [1.807, 2.05) is 0 Å². The van der Waals surface area contributed by atoms with Crippen LogP contribution in [0.15, 0.2) is 0 Å². The minimum Gasteiger partial charge on any atom is -0.466 e. The number of hydrogen-bond acceptors (Lipinski definition) is 4. The number of rotatable bonds is 24. The van der Waals surface area contributed by atoms with Crippen LogP contribution in [0, 0.1) is 5.92 Å². The van der Waals surface area contributed by atoms with E-state index >= 15 is 0 Å². The van der Waals surface area contributed by atoms with Gasteiger partial charge in [0.25, 0.3) is 0 Å². The van der Waals surface area contributed by atoms with Gasteiger partial charge in [-0.3, -0.25) is 9.59 Å². The molecule has 0 amide bonds. The van der Waals surface area contributed by atoms with Gasteiger partial charge in [-0.25, -0.2) is 0 Å². The molecule has 0 fully saturated rings. The maximum absolute atomic E-state index is 11.8. The molecular formula is C28H54O4. The predicted octanol–water partition coefficient (Wildman–Crippen LogP) is 8.55. The summed E-state index contributed by atoms with van der Waals surface area (Å²) >= 11 is 0. The molecule has 190 valence electrons. The fourth-order valence-corrected chi connectivity index (χ4v) is 3.75. The molecule has 0 aromatic rings. The summed E-state index contributed by atoms with van der Waals surface area (Å²) in [7, 11) is 0. The van der Waals surface area contributed by atoms with Gasteiger partial charge in [0, 0.05) is 12.8 Å². The number of carbonyl (C=O) groups is 2. The van der Waals surface area contributed by atoms with Crippen LogP contribution in [0.4, 0.5) is 0 Å². The number of unbranched alkanes of at least 4 members (excludes halogenated alkanes) is 15. The lowest BCUT2D eigenvalue weighted by atomic mass is 10.0. The van der Waals surface area contributed by atoms with E-state index in [-0.39, 0.29) is 11.9 Å². The van der Waals surface area contributed by atoms with Crippen LogP contribution in [0.2, 0.25) is 0 Å². The van der Waals surface area contributed by atoms with Gasteiger partial charge in [0.2, 0.25) is 0 Å². The quantitative estimate of drug-likeness (QED) is 0.108. The third kappa shape index (κ3) is 25.2. The molecule has 4 heteroatoms. The average molecular weight is 455 g/mol. The third-order valence-electron chi connectivity index (χ3n) is 5.98. The number of esters is 2. The highest BCUT2D eigenvalue weighted by molar-refractivity contribution is 5.69. The first-order valence-corrected chi connectivity index (χ1v) is 13.9. The third-order valence-corrected chi connectivity index (χ3v) is 5.98. The monoisotopic (exact) mass is 454 g/mol. The van der Waals surface area contributed by atoms with Gasteiger partial charge in [0.15, 0.2) is 0 Å². The zero-order chi connectivity index (χ0) is 23.7. The second-order valence-corrected chi connectivity index (χ2v) is 9.78. The van der Waals surface area contributed by atoms with Crippen LogP contribution in [0.1, 0.15) is 149 Å². The topological polar surface area (TPSA) is 52.6 Å². The number of carbonyl (C=O) groups excluding carboxylic acids is 2. The number of hydrogen-bond donors (Lipinski definition) is 0. The lowest BCUT2D eigenvalue weighted by Gasteiger charge is -2.07. The van der Waals surface area contributed by atoms with Crippen molar-refractivity contribution in [2.24, 2.45) is 5.92 Å². The van der Waals surface area contributed by atoms with E-state index in [9.17, 15) is 9.59 Å². The molecule has 4 nitrogen and oxygen atoms in total. The number of ether oxygens (including phenoxy) is 2. The van der Waals surface area contributed by atoms with Crippen LogP contribution < -0.4 is 0 Å². The van der Waals surface area contributed by atoms with Crippen molar-refractivity contribution in [1.29, 1.82) is 0 Å². The Labute approximate surface area is 199 Å². The van der Waals surface area contributed by atoms with E-state index in [2.05, 4.69) is 20.8 Å². The predicted molar refractivity (Wildman–Crippen MR) is 135 cm³/mol. The Morgan fingerprint density at radius 1 is 0.531 bits per heavy atom. The zero-order valence-corrected chi connectivity index (χ0v) is 21.8. The molecular weight excluding hydrogens is 400 g/mol. The zero-order valence-electron chi connectivity index (χ0n) is 21.8. The smallest absolute Gasteiger partial charge is 0.305 e. The standard InChI is InChI=1S/C28H54O4/c1-4-5-6-7-8-9-10-11-12-13-14-15-16-20-24-31-27(29)21-18-17-19-22-28(30)32-25-23-26(2)3/h26H,4-25H2,1-3H3. The summed E-state index contributed by atoms with van der Waals surface area (Å²) in [6, 6.07) is 0. The average Bonchev–Trinajstić information content (AvgIpc) is 2.76. The maximum Gasteiger partial charge on any atom is 0.305 e. The molecule has 0 saturated heterocycles. The van der Waals surface area contributed by atoms with E-state index in [0.717, 1.165) is 38.5 Å². The normalized spacial score (nSPS) is 11.1. The summed E-state index contributed by atoms with van der Waals surface area (Å²) in [5, 5.41) is 0. The molecule has 0 aromatic carbocycles. The Morgan fingerprint density at radius 3 is 1.34 bits per heavy atom. The maximum atomic E-state index is 11.8. The Kier molecular flexibility index (Phi) is 23.8. The van der Waals surface area contributed by atoms with E-state index in [4.69, 9.17) is 9.47 Å². The first kappa shape index (κ1) is 30.9. The van der Waals surface area contributed by atoms with Crippen LogP contribution >= 0.6 is 0 Å². The van der Waals surface area contributed by atoms with Crippen molar-refractivity contribution < 1.29 is 19.1 Å². The van der Waals surface area contributed by atoms with Gasteiger partial charge in [-0.2, -0.15) is 0 Å². The van der Waals surface area contributed by atoms with Crippen molar-refractivity contribution in [1.82, 2.24) is 0 Å². The van der Waals surface area contributed by atoms with Crippen LogP contribution in [0.25, 0.3) is 0 Å². The Bertz CT molecular complexity index is 420. The molecule has 32 heavy (non-hydrogen) atoms. The van der Waals surface area contributed by atoms with Crippen LogP contribution in [0.5, 0.6) is 0 Å². The van der Waals surface area contributed by atoms with Crippen molar-refractivity contribution >= 4 is 11.9 Å². The second kappa shape index (κ2) is 24.6. The van der Waals surface area contributed by atoms with Gasteiger partial charge in [-0.15, -0.1) is 0 Å². The van der Waals surface area contributed by atoms with Gasteiger partial charge in [-0.05, 0) is 31.6 Å². The van der Waals surface area contributed by atoms with E-state index < -0.39 is 0 Å². The summed E-state index contributed by atoms with van der Waals surface area (Å²) in [5.41, 5.74) is 0. The molecule has 0 atom stereocenters. The molecule has 0 radical (unpaired) electrons. The molecule has 0 aromatic heterocycles. The Hall–Kier alpha value is -1.06. The van der Waals surface area contributed by atoms with Crippen LogP contribution in [0.3, 0.4) is 0 Å². The molecule has 0 rings (SSSR count). The Morgan fingerprint density at radius 2 is 0.906 bits per heavy atom. The van der Waals surface area contributed by atoms with Gasteiger partial charge in [0.1, 0.15) is 0 Å². The van der Waals surface area contributed by atoms with Crippen LogP contribution in [-0.2, 0) is 19.1 Å². The molecule has 0 N–H and O–H groups in total. The minimum absolute atomic E-state index is 0.0980. The van der Waals surface area contributed by atoms with Crippen molar-refractivity contribution in [3.63, 3.8) is 0 Å². The molecule has 0 aliphatic carbocycles. The van der Waals surface area contributed by atoms with E-state index in [0.29, 0.717) is 32.0 Å². The van der Waals surface area contributed by atoms with Gasteiger partial charge >= 0.3 is 11.9 Å². The first-order valence-electron chi connectivity index (χ1n) is 13.9. The largest absolute Gasteiger partial charge is 0.466 e. The molecule has 0 unspecified atom stereocenters. The summed E-state index contributed by atoms with van der Waals surface area (Å²) in [4.78, 5) is 23.3. The van der Waals surface area contributed by atoms with Gasteiger partial charge in [0.05, 0.1) is 13.2 Å². The highest BCUT2D eigenvalue weighted by atomic mass is 16.5. The highest BCUT2D eigenvalue weighted by Gasteiger charge is 2.06. The van der Waals surface area contributed by atoms with Gasteiger partial charge in [-0.1, -0.05) is 111 Å². The van der Waals surface area contributed by atoms with Crippen molar-refractivity contribution in [3.8, 4) is 0 Å². The fourth-order valence-electron chi connectivity index (χ4n) is 3.75. The minimum atomic E-state index is -0.119. The molecule has 0 heterocycles. The van der Waals surface area contributed by atoms with Crippen molar-refractivity contribution in [2.75, 3.05) is 13.2 Å². The molecule has 0 spiro atoms. The summed E-state index contributed by atoms with van der Waals surface area (Å²) in [6.07, 6.45) is 22.9. The SMILES string of the molecule is CCCCCCCCCCCCCCCCOC(=O)CCCCCC(=O)OCCC(C)C. The second-order valence-electron chi connectivity index (χ2n) is 9.78. The van der Waals surface area contributed by atoms with Crippen molar-refractivity contribution in [3.05, 3.63) is 0 Å². The summed E-state index contributed by atoms with van der Waals surface area (Å²) < 4.78 is 10.5.